The van der Waals surface area contributed by atoms with E-state index in [4.69, 9.17) is 9.47 Å². The summed E-state index contributed by atoms with van der Waals surface area (Å²) in [6.07, 6.45) is 14.7. The predicted molar refractivity (Wildman–Crippen MR) is 107 cm³/mol. The predicted octanol–water partition coefficient (Wildman–Crippen LogP) is 2.13. The van der Waals surface area contributed by atoms with Crippen LogP contribution >= 0.6 is 0 Å². The monoisotopic (exact) mass is 400 g/mol. The van der Waals surface area contributed by atoms with Crippen molar-refractivity contribution >= 4 is 18.0 Å². The number of methoxy groups -OCH3 is 1. The molecule has 0 bridgehead atoms. The number of hydrogen-bond donors (Lipinski definition) is 2. The summed E-state index contributed by atoms with van der Waals surface area (Å²) in [6.45, 7) is 5.23. The van der Waals surface area contributed by atoms with E-state index in [1.54, 1.807) is 20.8 Å². The van der Waals surface area contributed by atoms with Gasteiger partial charge in [-0.15, -0.1) is 0 Å². The number of rotatable bonds is 8. The average Bonchev–Trinajstić information content (AvgIpc) is 3.32. The van der Waals surface area contributed by atoms with E-state index in [2.05, 4.69) is 10.6 Å². The number of esters is 1. The van der Waals surface area contributed by atoms with Crippen molar-refractivity contribution in [2.75, 3.05) is 7.11 Å². The van der Waals surface area contributed by atoms with E-state index in [1.165, 1.54) is 7.11 Å². The van der Waals surface area contributed by atoms with Crippen LogP contribution in [0, 0.1) is 63.2 Å². The Balaban J connectivity index is 2.03. The molecule has 2 rings (SSSR count). The van der Waals surface area contributed by atoms with Crippen molar-refractivity contribution in [1.82, 2.24) is 10.6 Å². The molecule has 0 spiro atoms. The largest absolute Gasteiger partial charge is 0.467 e. The summed E-state index contributed by atoms with van der Waals surface area (Å²) in [5.74, 6) is 0.739. The van der Waals surface area contributed by atoms with Gasteiger partial charge in [0.2, 0.25) is 5.91 Å². The van der Waals surface area contributed by atoms with Crippen LogP contribution in [0.1, 0.15) is 33.6 Å². The minimum atomic E-state index is -0.904. The van der Waals surface area contributed by atoms with E-state index in [1.807, 2.05) is 51.4 Å². The van der Waals surface area contributed by atoms with Crippen molar-refractivity contribution < 1.29 is 23.9 Å². The summed E-state index contributed by atoms with van der Waals surface area (Å²) in [7, 11) is 1.27. The van der Waals surface area contributed by atoms with Gasteiger partial charge in [-0.1, -0.05) is 0 Å². The van der Waals surface area contributed by atoms with Gasteiger partial charge >= 0.3 is 12.1 Å². The molecule has 0 aromatic carbocycles. The average molecular weight is 400 g/mol. The Kier molecular flexibility index (Phi) is 8.78. The Labute approximate surface area is 174 Å². The van der Waals surface area contributed by atoms with Crippen molar-refractivity contribution in [3.63, 3.8) is 0 Å². The molecular weight excluding hydrogens is 372 g/mol. The van der Waals surface area contributed by atoms with E-state index in [-0.39, 0.29) is 6.42 Å². The lowest BCUT2D eigenvalue weighted by Gasteiger charge is -2.26. The zero-order valence-corrected chi connectivity index (χ0v) is 17.2. The molecule has 0 unspecified atom stereocenters. The minimum absolute atomic E-state index is 0.266. The van der Waals surface area contributed by atoms with Crippen LogP contribution < -0.4 is 10.6 Å². The highest BCUT2D eigenvalue weighted by molar-refractivity contribution is 5.90. The first-order valence-electron chi connectivity index (χ1n) is 9.47. The number of carbonyl (C=O) groups is 3. The van der Waals surface area contributed by atoms with Crippen LogP contribution in [0.4, 0.5) is 4.79 Å². The first-order chi connectivity index (χ1) is 13.7. The van der Waals surface area contributed by atoms with Gasteiger partial charge in [-0.3, -0.25) is 4.79 Å². The van der Waals surface area contributed by atoms with Crippen molar-refractivity contribution in [3.8, 4) is 0 Å². The highest BCUT2D eigenvalue weighted by atomic mass is 16.6. The van der Waals surface area contributed by atoms with Gasteiger partial charge in [0.05, 0.1) is 7.11 Å². The number of carbonyl (C=O) groups excluding carboxylic acids is 3. The molecule has 2 aliphatic rings. The molecule has 10 radical (unpaired) electrons. The van der Waals surface area contributed by atoms with Crippen LogP contribution in [0.3, 0.4) is 0 Å². The summed E-state index contributed by atoms with van der Waals surface area (Å²) in [5.41, 5.74) is -0.697. The van der Waals surface area contributed by atoms with Gasteiger partial charge in [-0.2, -0.15) is 0 Å². The molecule has 0 heterocycles. The SMILES string of the molecule is COC(=O)[C@H](C[C]1[CH][CH][CH][CH]1)NC(=O)[C@H](C[C]1[CH][CH][CH][CH]1)NC(=O)OC(C)(C)C. The van der Waals surface area contributed by atoms with Crippen molar-refractivity contribution in [1.29, 1.82) is 0 Å². The fraction of sp³-hybridized carbons (Fsp3) is 0.409. The molecular formula is C22H28N2O5. The third kappa shape index (κ3) is 8.23. The first kappa shape index (κ1) is 23.5. The van der Waals surface area contributed by atoms with E-state index in [9.17, 15) is 14.4 Å². The Morgan fingerprint density at radius 3 is 1.79 bits per heavy atom. The Bertz CT molecular complexity index is 560. The number of nitrogens with one attached hydrogen (secondary N) is 2. The van der Waals surface area contributed by atoms with E-state index in [0.717, 1.165) is 11.8 Å². The van der Waals surface area contributed by atoms with Crippen LogP contribution in [0.15, 0.2) is 0 Å². The molecule has 0 saturated heterocycles. The highest BCUT2D eigenvalue weighted by Gasteiger charge is 2.33. The van der Waals surface area contributed by atoms with Crippen molar-refractivity contribution in [2.45, 2.75) is 51.3 Å². The van der Waals surface area contributed by atoms with Gasteiger partial charge in [0.25, 0.3) is 0 Å². The molecule has 7 heteroatoms. The Hall–Kier alpha value is -1.79. The molecule has 2 aliphatic carbocycles. The second kappa shape index (κ2) is 10.8. The van der Waals surface area contributed by atoms with Crippen LogP contribution in [-0.4, -0.2) is 42.8 Å². The van der Waals surface area contributed by atoms with Gasteiger partial charge in [-0.25, -0.2) is 9.59 Å². The molecule has 2 saturated carbocycles. The third-order valence-corrected chi connectivity index (χ3v) is 4.15. The second-order valence-electron chi connectivity index (χ2n) is 7.78. The molecule has 156 valence electrons. The number of hydrogen-bond acceptors (Lipinski definition) is 5. The highest BCUT2D eigenvalue weighted by Crippen LogP contribution is 2.29. The summed E-state index contributed by atoms with van der Waals surface area (Å²) >= 11 is 0. The molecule has 2 fully saturated rings. The molecule has 29 heavy (non-hydrogen) atoms. The standard InChI is InChI=1S/C22H28N2O5/c1-22(2,3)29-21(27)24-17(13-15-9-5-6-10-15)19(25)23-18(20(26)28-4)14-16-11-7-8-12-16/h5-12,17-18H,13-14H2,1-4H3,(H,23,25)(H,24,27)/t17-,18-/m0/s1. The topological polar surface area (TPSA) is 93.7 Å². The molecule has 2 N–H and O–H groups in total. The smallest absolute Gasteiger partial charge is 0.408 e. The number of alkyl carbamates (subject to hydrolysis) is 1. The Morgan fingerprint density at radius 1 is 0.862 bits per heavy atom. The van der Waals surface area contributed by atoms with E-state index < -0.39 is 35.7 Å². The maximum atomic E-state index is 12.9. The molecule has 7 nitrogen and oxygen atoms in total. The second-order valence-corrected chi connectivity index (χ2v) is 7.78. The number of amides is 2. The summed E-state index contributed by atoms with van der Waals surface area (Å²) in [4.78, 5) is 37.3. The normalized spacial score (nSPS) is 20.1. The van der Waals surface area contributed by atoms with Crippen molar-refractivity contribution in [3.05, 3.63) is 63.2 Å². The van der Waals surface area contributed by atoms with Crippen molar-refractivity contribution in [2.24, 2.45) is 0 Å². The van der Waals surface area contributed by atoms with Gasteiger partial charge in [0, 0.05) is 0 Å². The lowest BCUT2D eigenvalue weighted by Crippen LogP contribution is -2.53. The molecule has 0 aromatic heterocycles. The van der Waals surface area contributed by atoms with E-state index >= 15 is 0 Å². The van der Waals surface area contributed by atoms with Gasteiger partial charge in [-0.05, 0) is 96.8 Å². The first-order valence-corrected chi connectivity index (χ1v) is 9.47. The maximum absolute atomic E-state index is 12.9. The summed E-state index contributed by atoms with van der Waals surface area (Å²) < 4.78 is 10.1. The van der Waals surface area contributed by atoms with Crippen LogP contribution in [-0.2, 0) is 19.1 Å². The van der Waals surface area contributed by atoms with E-state index in [0.29, 0.717) is 6.42 Å². The minimum Gasteiger partial charge on any atom is -0.467 e. The lowest BCUT2D eigenvalue weighted by atomic mass is 9.96. The quantitative estimate of drug-likeness (QED) is 0.609. The summed E-state index contributed by atoms with van der Waals surface area (Å²) in [5, 5.41) is 5.31. The zero-order chi connectivity index (χ0) is 21.4. The summed E-state index contributed by atoms with van der Waals surface area (Å²) in [6, 6.07) is -1.77. The molecule has 2 amide bonds. The molecule has 2 atom stereocenters. The fourth-order valence-electron chi connectivity index (χ4n) is 2.84. The molecule has 0 aliphatic heterocycles. The maximum Gasteiger partial charge on any atom is 0.408 e. The van der Waals surface area contributed by atoms with Gasteiger partial charge in [0.15, 0.2) is 0 Å². The van der Waals surface area contributed by atoms with Gasteiger partial charge in [0.1, 0.15) is 17.7 Å². The van der Waals surface area contributed by atoms with Crippen LogP contribution in [0.5, 0.6) is 0 Å². The van der Waals surface area contributed by atoms with Crippen LogP contribution in [0.2, 0.25) is 0 Å². The third-order valence-electron chi connectivity index (χ3n) is 4.15. The Morgan fingerprint density at radius 2 is 1.34 bits per heavy atom. The van der Waals surface area contributed by atoms with Crippen LogP contribution in [0.25, 0.3) is 0 Å². The van der Waals surface area contributed by atoms with Gasteiger partial charge < -0.3 is 20.1 Å². The lowest BCUT2D eigenvalue weighted by molar-refractivity contribution is -0.145. The fourth-order valence-corrected chi connectivity index (χ4v) is 2.84. The number of ether oxygens (including phenoxy) is 2. The zero-order valence-electron chi connectivity index (χ0n) is 17.2. The molecule has 0 aromatic rings.